The van der Waals surface area contributed by atoms with Crippen LogP contribution in [0.25, 0.3) is 65.3 Å². The summed E-state index contributed by atoms with van der Waals surface area (Å²) in [6.45, 7) is 0.685. The van der Waals surface area contributed by atoms with Crippen LogP contribution >= 0.6 is 0 Å². The third-order valence-corrected chi connectivity index (χ3v) is 16.3. The minimum Gasteiger partial charge on any atom is -0.462 e. The number of benzene rings is 12. The van der Waals surface area contributed by atoms with Crippen molar-refractivity contribution in [1.29, 1.82) is 0 Å². The largest absolute Gasteiger partial charge is 0.462 e. The summed E-state index contributed by atoms with van der Waals surface area (Å²) >= 11 is 0. The highest BCUT2D eigenvalue weighted by atomic mass is 16.5. The van der Waals surface area contributed by atoms with Crippen molar-refractivity contribution in [3.05, 3.63) is 288 Å². The van der Waals surface area contributed by atoms with Gasteiger partial charge in [-0.3, -0.25) is 0 Å². The Labute approximate surface area is 488 Å². The molecule has 0 heterocycles. The second-order valence-electron chi connectivity index (χ2n) is 21.7. The summed E-state index contributed by atoms with van der Waals surface area (Å²) in [7, 11) is 0. The number of hydrogen-bond acceptors (Lipinski definition) is 8. The Kier molecular flexibility index (Phi) is 14.1. The Morgan fingerprint density at radius 1 is 0.274 bits per heavy atom. The molecule has 2 aliphatic carbocycles. The van der Waals surface area contributed by atoms with Crippen molar-refractivity contribution < 1.29 is 19.1 Å². The second-order valence-corrected chi connectivity index (χ2v) is 21.7. The van der Waals surface area contributed by atoms with Crippen molar-refractivity contribution >= 4 is 89.2 Å². The summed E-state index contributed by atoms with van der Waals surface area (Å²) in [5, 5.41) is 24.2. The van der Waals surface area contributed by atoms with Crippen LogP contribution in [0.1, 0.15) is 81.5 Å². The number of ether oxygens (including phenoxy) is 2. The second kappa shape index (κ2) is 22.8. The molecule has 8 nitrogen and oxygen atoms in total. The molecule has 0 saturated heterocycles. The van der Waals surface area contributed by atoms with Crippen LogP contribution in [-0.4, -0.2) is 36.6 Å². The SMILES string of the molecule is O=C(OCCCCCCCCOC(=O)c1ccc2c(c1)-c1ccccc1/C2=N\N(c1ccc2ccccc2c1)c1ccc2ccccc2c1)c1ccc2c(c1)-c1ccccc1/C2=N\N(c1ccc2ccccc2c1)c1ccc2ccccc2c1. The van der Waals surface area contributed by atoms with Crippen molar-refractivity contribution in [2.45, 2.75) is 38.5 Å². The molecule has 8 heteroatoms. The summed E-state index contributed by atoms with van der Waals surface area (Å²) in [5.74, 6) is -0.670. The quantitative estimate of drug-likeness (QED) is 0.0513. The number of unbranched alkanes of at least 4 members (excludes halogenated alkanes) is 5. The first kappa shape index (κ1) is 51.7. The first-order chi connectivity index (χ1) is 41.5. The molecule has 0 bridgehead atoms. The Bertz CT molecular complexity index is 4150. The maximum Gasteiger partial charge on any atom is 0.338 e. The van der Waals surface area contributed by atoms with Crippen LogP contribution in [0.3, 0.4) is 0 Å². The van der Waals surface area contributed by atoms with Gasteiger partial charge in [0.2, 0.25) is 0 Å². The highest BCUT2D eigenvalue weighted by molar-refractivity contribution is 6.26. The van der Waals surface area contributed by atoms with E-state index in [-0.39, 0.29) is 11.9 Å². The number of carbonyl (C=O) groups is 2. The van der Waals surface area contributed by atoms with E-state index in [4.69, 9.17) is 19.7 Å². The highest BCUT2D eigenvalue weighted by Gasteiger charge is 2.30. The molecule has 406 valence electrons. The van der Waals surface area contributed by atoms with Gasteiger partial charge in [0.15, 0.2) is 0 Å². The summed E-state index contributed by atoms with van der Waals surface area (Å²) in [5.41, 5.74) is 14.4. The Hall–Kier alpha value is -10.4. The Morgan fingerprint density at radius 2 is 0.560 bits per heavy atom. The molecule has 84 heavy (non-hydrogen) atoms. The zero-order valence-electron chi connectivity index (χ0n) is 46.3. The molecule has 14 rings (SSSR count). The minimum atomic E-state index is -0.335. The number of anilines is 4. The van der Waals surface area contributed by atoms with Gasteiger partial charge in [-0.15, -0.1) is 0 Å². The summed E-state index contributed by atoms with van der Waals surface area (Å²) in [6.07, 6.45) is 5.38. The first-order valence-electron chi connectivity index (χ1n) is 29.0. The van der Waals surface area contributed by atoms with E-state index in [1.54, 1.807) is 0 Å². The summed E-state index contributed by atoms with van der Waals surface area (Å²) in [4.78, 5) is 27.2. The smallest absolute Gasteiger partial charge is 0.338 e. The van der Waals surface area contributed by atoms with E-state index in [9.17, 15) is 9.59 Å². The van der Waals surface area contributed by atoms with Crippen molar-refractivity contribution in [2.24, 2.45) is 10.2 Å². The molecule has 0 saturated carbocycles. The fourth-order valence-electron chi connectivity index (χ4n) is 11.9. The van der Waals surface area contributed by atoms with Crippen LogP contribution in [0.2, 0.25) is 0 Å². The van der Waals surface area contributed by atoms with Crippen LogP contribution < -0.4 is 10.0 Å². The lowest BCUT2D eigenvalue weighted by molar-refractivity contribution is 0.0484. The van der Waals surface area contributed by atoms with Crippen LogP contribution in [0.4, 0.5) is 22.7 Å². The number of fused-ring (bicyclic) bond motifs is 10. The molecule has 12 aromatic carbocycles. The molecule has 12 aromatic rings. The average Bonchev–Trinajstić information content (AvgIpc) is 3.03. The monoisotopic (exact) mass is 1090 g/mol. The van der Waals surface area contributed by atoms with Crippen molar-refractivity contribution in [3.63, 3.8) is 0 Å². The third-order valence-electron chi connectivity index (χ3n) is 16.3. The average molecular weight is 1090 g/mol. The van der Waals surface area contributed by atoms with Gasteiger partial charge < -0.3 is 9.47 Å². The fraction of sp³-hybridized carbons (Fsp3) is 0.105. The van der Waals surface area contributed by atoms with E-state index in [2.05, 4.69) is 194 Å². The van der Waals surface area contributed by atoms with E-state index in [1.807, 2.05) is 70.7 Å². The van der Waals surface area contributed by atoms with Crippen molar-refractivity contribution in [3.8, 4) is 22.3 Å². The molecule has 0 N–H and O–H groups in total. The summed E-state index contributed by atoms with van der Waals surface area (Å²) < 4.78 is 11.7. The van der Waals surface area contributed by atoms with Crippen LogP contribution in [-0.2, 0) is 9.47 Å². The minimum absolute atomic E-state index is 0.335. The number of carbonyl (C=O) groups excluding carboxylic acids is 2. The summed E-state index contributed by atoms with van der Waals surface area (Å²) in [6, 6.07) is 87.5. The number of rotatable bonds is 17. The molecule has 0 atom stereocenters. The maximum atomic E-state index is 13.6. The normalized spacial score (nSPS) is 13.0. The van der Waals surface area contributed by atoms with Gasteiger partial charge in [-0.1, -0.05) is 208 Å². The predicted octanol–water partition coefficient (Wildman–Crippen LogP) is 18.8. The van der Waals surface area contributed by atoms with E-state index < -0.39 is 0 Å². The zero-order valence-corrected chi connectivity index (χ0v) is 46.3. The van der Waals surface area contributed by atoms with E-state index in [0.717, 1.165) is 160 Å². The van der Waals surface area contributed by atoms with Gasteiger partial charge in [-0.05, 0) is 151 Å². The lowest BCUT2D eigenvalue weighted by Gasteiger charge is -2.22. The van der Waals surface area contributed by atoms with Crippen LogP contribution in [0.5, 0.6) is 0 Å². The van der Waals surface area contributed by atoms with Crippen LogP contribution in [0.15, 0.2) is 265 Å². The number of hydrazone groups is 2. The van der Waals surface area contributed by atoms with Gasteiger partial charge in [0, 0.05) is 22.3 Å². The van der Waals surface area contributed by atoms with Gasteiger partial charge in [-0.25, -0.2) is 19.6 Å². The fourth-order valence-corrected chi connectivity index (χ4v) is 11.9. The topological polar surface area (TPSA) is 83.8 Å². The molecule has 0 fully saturated rings. The van der Waals surface area contributed by atoms with Gasteiger partial charge in [-0.2, -0.15) is 10.2 Å². The Morgan fingerprint density at radius 3 is 0.905 bits per heavy atom. The molecular formula is C76H58N4O4. The molecule has 0 unspecified atom stereocenters. The van der Waals surface area contributed by atoms with E-state index >= 15 is 0 Å². The third kappa shape index (κ3) is 10.2. The number of esters is 2. The maximum absolute atomic E-state index is 13.6. The number of hydrogen-bond donors (Lipinski definition) is 0. The highest BCUT2D eigenvalue weighted by Crippen LogP contribution is 2.42. The molecule has 0 aliphatic heterocycles. The molecule has 0 amide bonds. The first-order valence-corrected chi connectivity index (χ1v) is 29.0. The van der Waals surface area contributed by atoms with E-state index in [1.165, 1.54) is 0 Å². The molecular weight excluding hydrogens is 1030 g/mol. The van der Waals surface area contributed by atoms with Gasteiger partial charge in [0.25, 0.3) is 0 Å². The van der Waals surface area contributed by atoms with Gasteiger partial charge in [0.05, 0.1) is 58.5 Å². The molecule has 0 spiro atoms. The lowest BCUT2D eigenvalue weighted by Crippen LogP contribution is -2.14. The van der Waals surface area contributed by atoms with Gasteiger partial charge >= 0.3 is 11.9 Å². The zero-order chi connectivity index (χ0) is 56.3. The van der Waals surface area contributed by atoms with Crippen molar-refractivity contribution in [1.82, 2.24) is 0 Å². The Balaban J connectivity index is 0.589. The number of nitrogens with zero attached hydrogens (tertiary/aromatic N) is 4. The predicted molar refractivity (Wildman–Crippen MR) is 343 cm³/mol. The molecule has 0 aromatic heterocycles. The lowest BCUT2D eigenvalue weighted by atomic mass is 10.0. The standard InChI is InChI=1S/C76H58N4O4/c81-75(59-35-41-69-71(49-59)65-27-13-15-29-67(65)73(69)77-79(61-37-31-51-19-5-9-23-55(51)45-61)62-38-32-52-20-6-10-24-56(52)46-62)83-43-17-3-1-2-4-18-44-84-76(82)60-36-42-70-72(50-60)66-28-14-16-30-68(66)74(70)78-80(63-39-33-53-21-7-11-25-57(53)47-63)64-40-34-54-22-8-12-26-58(54)48-64/h5-16,19-42,45-50H,1-4,17-18,43-44H2/b77-73+,78-74+. The van der Waals surface area contributed by atoms with Crippen molar-refractivity contribution in [2.75, 3.05) is 23.2 Å². The van der Waals surface area contributed by atoms with Crippen LogP contribution in [0, 0.1) is 0 Å². The van der Waals surface area contributed by atoms with E-state index in [0.29, 0.717) is 24.3 Å². The molecule has 0 radical (unpaired) electrons. The van der Waals surface area contributed by atoms with Gasteiger partial charge in [0.1, 0.15) is 0 Å². The molecule has 2 aliphatic rings.